The van der Waals surface area contributed by atoms with Gasteiger partial charge in [-0.15, -0.1) is 0 Å². The summed E-state index contributed by atoms with van der Waals surface area (Å²) in [6.45, 7) is 6.59. The first kappa shape index (κ1) is 20.1. The van der Waals surface area contributed by atoms with E-state index in [0.717, 1.165) is 42.1 Å². The third kappa shape index (κ3) is 4.51. The van der Waals surface area contributed by atoms with Crippen molar-refractivity contribution < 1.29 is 4.79 Å². The molecule has 1 atom stereocenters. The highest BCUT2D eigenvalue weighted by Gasteiger charge is 2.32. The summed E-state index contributed by atoms with van der Waals surface area (Å²) < 4.78 is 0. The third-order valence-corrected chi connectivity index (χ3v) is 5.56. The number of carbonyl (C=O) groups is 1. The van der Waals surface area contributed by atoms with Crippen molar-refractivity contribution >= 4 is 11.9 Å². The maximum atomic E-state index is 13.4. The highest BCUT2D eigenvalue weighted by atomic mass is 16.2. The minimum atomic E-state index is 0.105. The van der Waals surface area contributed by atoms with Crippen LogP contribution < -0.4 is 4.90 Å². The Hall–Kier alpha value is -3.21. The maximum absolute atomic E-state index is 13.4. The second-order valence-electron chi connectivity index (χ2n) is 8.22. The van der Waals surface area contributed by atoms with Gasteiger partial charge in [-0.2, -0.15) is 0 Å². The summed E-state index contributed by atoms with van der Waals surface area (Å²) >= 11 is 0. The molecule has 5 heteroatoms. The van der Waals surface area contributed by atoms with Crippen LogP contribution in [0.5, 0.6) is 0 Å². The summed E-state index contributed by atoms with van der Waals surface area (Å²) in [5.41, 5.74) is 3.02. The number of hydrogen-bond acceptors (Lipinski definition) is 4. The lowest BCUT2D eigenvalue weighted by molar-refractivity contribution is 0.0631. The zero-order valence-electron chi connectivity index (χ0n) is 17.6. The van der Waals surface area contributed by atoms with Gasteiger partial charge >= 0.3 is 0 Å². The summed E-state index contributed by atoms with van der Waals surface area (Å²) in [5, 5.41) is 0. The molecule has 1 aliphatic rings. The quantitative estimate of drug-likeness (QED) is 0.632. The van der Waals surface area contributed by atoms with E-state index in [0.29, 0.717) is 12.5 Å². The molecule has 0 saturated carbocycles. The Morgan fingerprint density at radius 3 is 2.27 bits per heavy atom. The molecule has 1 saturated heterocycles. The lowest BCUT2D eigenvalue weighted by atomic mass is 9.98. The predicted molar refractivity (Wildman–Crippen MR) is 120 cm³/mol. The number of rotatable bonds is 5. The zero-order chi connectivity index (χ0) is 20.9. The summed E-state index contributed by atoms with van der Waals surface area (Å²) in [4.78, 5) is 26.4. The Bertz CT molecular complexity index is 957. The second-order valence-corrected chi connectivity index (χ2v) is 8.22. The number of piperazine rings is 1. The first-order valence-electron chi connectivity index (χ1n) is 10.6. The molecule has 1 aromatic heterocycles. The van der Waals surface area contributed by atoms with Crippen LogP contribution in [0.4, 0.5) is 5.95 Å². The summed E-state index contributed by atoms with van der Waals surface area (Å²) in [5.74, 6) is 1.35. The van der Waals surface area contributed by atoms with Gasteiger partial charge in [0.25, 0.3) is 5.91 Å². The van der Waals surface area contributed by atoms with Crippen molar-refractivity contribution in [1.82, 2.24) is 14.9 Å². The van der Waals surface area contributed by atoms with Gasteiger partial charge in [-0.05, 0) is 41.7 Å². The topological polar surface area (TPSA) is 49.3 Å². The van der Waals surface area contributed by atoms with Crippen LogP contribution in [0.2, 0.25) is 0 Å². The van der Waals surface area contributed by atoms with E-state index in [4.69, 9.17) is 0 Å². The van der Waals surface area contributed by atoms with Gasteiger partial charge < -0.3 is 9.80 Å². The number of anilines is 1. The van der Waals surface area contributed by atoms with Crippen molar-refractivity contribution in [3.05, 3.63) is 78.6 Å². The zero-order valence-corrected chi connectivity index (χ0v) is 17.6. The highest BCUT2D eigenvalue weighted by Crippen LogP contribution is 2.24. The molecule has 0 spiro atoms. The minimum absolute atomic E-state index is 0.105. The molecular weight excluding hydrogens is 372 g/mol. The van der Waals surface area contributed by atoms with Crippen molar-refractivity contribution in [2.45, 2.75) is 26.3 Å². The van der Waals surface area contributed by atoms with Crippen molar-refractivity contribution in [2.24, 2.45) is 5.92 Å². The molecule has 1 aliphatic heterocycles. The lowest BCUT2D eigenvalue weighted by Crippen LogP contribution is -2.56. The lowest BCUT2D eigenvalue weighted by Gasteiger charge is -2.42. The maximum Gasteiger partial charge on any atom is 0.254 e. The summed E-state index contributed by atoms with van der Waals surface area (Å²) in [6.07, 6.45) is 4.49. The van der Waals surface area contributed by atoms with Gasteiger partial charge in [-0.1, -0.05) is 56.3 Å². The average Bonchev–Trinajstić information content (AvgIpc) is 2.79. The largest absolute Gasteiger partial charge is 0.337 e. The van der Waals surface area contributed by atoms with Gasteiger partial charge in [0.05, 0.1) is 0 Å². The molecule has 2 heterocycles. The Labute approximate surface area is 178 Å². The van der Waals surface area contributed by atoms with Crippen LogP contribution in [0.15, 0.2) is 73.1 Å². The van der Waals surface area contributed by atoms with Crippen molar-refractivity contribution in [2.75, 3.05) is 24.5 Å². The van der Waals surface area contributed by atoms with Gasteiger partial charge in [-0.25, -0.2) is 9.97 Å². The van der Waals surface area contributed by atoms with E-state index in [-0.39, 0.29) is 11.9 Å². The van der Waals surface area contributed by atoms with Gasteiger partial charge in [0.2, 0.25) is 5.95 Å². The van der Waals surface area contributed by atoms with E-state index in [1.54, 1.807) is 12.4 Å². The predicted octanol–water partition coefficient (Wildman–Crippen LogP) is 4.52. The number of aromatic nitrogens is 2. The first-order valence-corrected chi connectivity index (χ1v) is 10.6. The monoisotopic (exact) mass is 400 g/mol. The van der Waals surface area contributed by atoms with Crippen LogP contribution >= 0.6 is 0 Å². The van der Waals surface area contributed by atoms with E-state index in [1.165, 1.54) is 0 Å². The smallest absolute Gasteiger partial charge is 0.254 e. The van der Waals surface area contributed by atoms with Crippen LogP contribution in [0.3, 0.4) is 0 Å². The Morgan fingerprint density at radius 2 is 1.60 bits per heavy atom. The van der Waals surface area contributed by atoms with Gasteiger partial charge in [0.15, 0.2) is 0 Å². The number of nitrogens with zero attached hydrogens (tertiary/aromatic N) is 4. The fourth-order valence-corrected chi connectivity index (χ4v) is 4.11. The standard InChI is InChI=1S/C25H28N4O/c1-19(2)17-23-18-28(25-26-13-6-14-27-25)15-16-29(23)24(30)22-11-9-21(10-12-22)20-7-4-3-5-8-20/h3-14,19,23H,15-18H2,1-2H3/t23-/m0/s1. The normalized spacial score (nSPS) is 16.7. The molecular formula is C25H28N4O. The molecule has 5 nitrogen and oxygen atoms in total. The van der Waals surface area contributed by atoms with E-state index in [9.17, 15) is 4.79 Å². The summed E-state index contributed by atoms with van der Waals surface area (Å²) in [6, 6.07) is 20.2. The van der Waals surface area contributed by atoms with Gasteiger partial charge in [-0.3, -0.25) is 4.79 Å². The molecule has 0 bridgehead atoms. The Morgan fingerprint density at radius 1 is 0.933 bits per heavy atom. The van der Waals surface area contributed by atoms with Crippen LogP contribution in [0.25, 0.3) is 11.1 Å². The molecule has 0 N–H and O–H groups in total. The van der Waals surface area contributed by atoms with Gasteiger partial charge in [0.1, 0.15) is 0 Å². The van der Waals surface area contributed by atoms with E-state index in [1.807, 2.05) is 53.4 Å². The van der Waals surface area contributed by atoms with Crippen molar-refractivity contribution in [3.63, 3.8) is 0 Å². The van der Waals surface area contributed by atoms with Crippen LogP contribution in [0, 0.1) is 5.92 Å². The fraction of sp³-hybridized carbons (Fsp3) is 0.320. The number of benzene rings is 2. The van der Waals surface area contributed by atoms with Gasteiger partial charge in [0, 0.05) is 43.6 Å². The fourth-order valence-electron chi connectivity index (χ4n) is 4.11. The molecule has 4 rings (SSSR count). The number of carbonyl (C=O) groups excluding carboxylic acids is 1. The van der Waals surface area contributed by atoms with Crippen molar-refractivity contribution in [3.8, 4) is 11.1 Å². The molecule has 2 aromatic carbocycles. The van der Waals surface area contributed by atoms with Crippen LogP contribution in [0.1, 0.15) is 30.6 Å². The molecule has 3 aromatic rings. The minimum Gasteiger partial charge on any atom is -0.337 e. The van der Waals surface area contributed by atoms with E-state index >= 15 is 0 Å². The molecule has 1 amide bonds. The SMILES string of the molecule is CC(C)C[C@H]1CN(c2ncccn2)CCN1C(=O)c1ccc(-c2ccccc2)cc1. The van der Waals surface area contributed by atoms with Crippen molar-refractivity contribution in [1.29, 1.82) is 0 Å². The Balaban J connectivity index is 1.52. The third-order valence-electron chi connectivity index (χ3n) is 5.56. The molecule has 0 unspecified atom stereocenters. The molecule has 1 fully saturated rings. The molecule has 30 heavy (non-hydrogen) atoms. The molecule has 0 radical (unpaired) electrons. The van der Waals surface area contributed by atoms with E-state index < -0.39 is 0 Å². The van der Waals surface area contributed by atoms with Crippen LogP contribution in [-0.4, -0.2) is 46.5 Å². The first-order chi connectivity index (χ1) is 14.6. The van der Waals surface area contributed by atoms with Crippen LogP contribution in [-0.2, 0) is 0 Å². The molecule has 154 valence electrons. The summed E-state index contributed by atoms with van der Waals surface area (Å²) in [7, 11) is 0. The average molecular weight is 401 g/mol. The number of amides is 1. The Kier molecular flexibility index (Phi) is 6.07. The second kappa shape index (κ2) is 9.08. The molecule has 0 aliphatic carbocycles. The number of hydrogen-bond donors (Lipinski definition) is 0. The van der Waals surface area contributed by atoms with E-state index in [2.05, 4.69) is 40.8 Å². The highest BCUT2D eigenvalue weighted by molar-refractivity contribution is 5.95.